The first kappa shape index (κ1) is 22.2. The van der Waals surface area contributed by atoms with E-state index < -0.39 is 10.0 Å². The molecule has 1 aromatic heterocycles. The van der Waals surface area contributed by atoms with Crippen LogP contribution in [0, 0.1) is 11.7 Å². The van der Waals surface area contributed by atoms with E-state index in [0.29, 0.717) is 18.3 Å². The van der Waals surface area contributed by atoms with Gasteiger partial charge < -0.3 is 4.74 Å². The van der Waals surface area contributed by atoms with E-state index in [0.717, 1.165) is 48.5 Å². The minimum atomic E-state index is -3.80. The lowest BCUT2D eigenvalue weighted by atomic mass is 9.85. The summed E-state index contributed by atoms with van der Waals surface area (Å²) in [7, 11) is -3.80. The van der Waals surface area contributed by atoms with E-state index in [1.807, 2.05) is 18.2 Å². The van der Waals surface area contributed by atoms with Gasteiger partial charge in [-0.25, -0.2) is 17.8 Å². The maximum atomic E-state index is 13.5. The molecule has 2 aromatic carbocycles. The summed E-state index contributed by atoms with van der Waals surface area (Å²) >= 11 is 0.979. The highest BCUT2D eigenvalue weighted by molar-refractivity contribution is 7.93. The maximum Gasteiger partial charge on any atom is 0.263 e. The highest BCUT2D eigenvalue weighted by Gasteiger charge is 2.36. The molecular weight excluding hydrogens is 463 g/mol. The number of rotatable bonds is 5. The fourth-order valence-electron chi connectivity index (χ4n) is 4.80. The van der Waals surface area contributed by atoms with Crippen molar-refractivity contribution in [3.63, 3.8) is 0 Å². The van der Waals surface area contributed by atoms with E-state index in [4.69, 9.17) is 4.74 Å². The van der Waals surface area contributed by atoms with Gasteiger partial charge in [0.25, 0.3) is 10.0 Å². The van der Waals surface area contributed by atoms with Crippen molar-refractivity contribution in [2.24, 2.45) is 5.92 Å². The second-order valence-electron chi connectivity index (χ2n) is 8.64. The molecule has 0 aliphatic carbocycles. The van der Waals surface area contributed by atoms with Gasteiger partial charge >= 0.3 is 0 Å². The van der Waals surface area contributed by atoms with E-state index in [2.05, 4.69) is 25.9 Å². The third-order valence-corrected chi connectivity index (χ3v) is 8.49. The third-order valence-electron chi connectivity index (χ3n) is 6.45. The zero-order chi connectivity index (χ0) is 23.0. The Hall–Kier alpha value is -2.56. The molecule has 174 valence electrons. The molecule has 1 N–H and O–H groups in total. The molecular formula is C23H25FN4O3S2. The van der Waals surface area contributed by atoms with E-state index in [1.54, 1.807) is 12.1 Å². The SMILES string of the molecule is C[C@H]1CCN([C@H]2CCOc3cc(S(=O)(=O)Nc4ncns4)ccc32)[C@@H](c2ccc(F)cc2)C1. The summed E-state index contributed by atoms with van der Waals surface area (Å²) in [6, 6.07) is 12.1. The van der Waals surface area contributed by atoms with Crippen LogP contribution in [-0.2, 0) is 10.0 Å². The molecule has 0 spiro atoms. The van der Waals surface area contributed by atoms with Crippen LogP contribution in [0.1, 0.15) is 49.4 Å². The number of halogens is 1. The predicted molar refractivity (Wildman–Crippen MR) is 124 cm³/mol. The number of hydrogen-bond donors (Lipinski definition) is 1. The quantitative estimate of drug-likeness (QED) is 0.557. The van der Waals surface area contributed by atoms with Crippen LogP contribution in [0.25, 0.3) is 0 Å². The number of nitrogens with one attached hydrogen (secondary N) is 1. The number of anilines is 1. The molecule has 0 unspecified atom stereocenters. The monoisotopic (exact) mass is 488 g/mol. The zero-order valence-electron chi connectivity index (χ0n) is 18.1. The number of benzene rings is 2. The molecule has 33 heavy (non-hydrogen) atoms. The Morgan fingerprint density at radius 2 is 1.97 bits per heavy atom. The molecule has 1 saturated heterocycles. The van der Waals surface area contributed by atoms with Crippen molar-refractivity contribution in [1.82, 2.24) is 14.3 Å². The number of ether oxygens (including phenoxy) is 1. The van der Waals surface area contributed by atoms with Gasteiger partial charge in [0.05, 0.1) is 11.5 Å². The maximum absolute atomic E-state index is 13.5. The van der Waals surface area contributed by atoms with Crippen LogP contribution >= 0.6 is 11.5 Å². The van der Waals surface area contributed by atoms with E-state index in [1.165, 1.54) is 18.5 Å². The molecule has 2 aliphatic heterocycles. The third kappa shape index (κ3) is 4.60. The van der Waals surface area contributed by atoms with Crippen LogP contribution in [0.15, 0.2) is 53.7 Å². The van der Waals surface area contributed by atoms with Crippen molar-refractivity contribution < 1.29 is 17.5 Å². The fraction of sp³-hybridized carbons (Fsp3) is 0.391. The number of hydrogen-bond acceptors (Lipinski definition) is 7. The Bertz CT molecular complexity index is 1220. The molecule has 2 aliphatic rings. The van der Waals surface area contributed by atoms with Crippen molar-refractivity contribution in [2.75, 3.05) is 17.9 Å². The Morgan fingerprint density at radius 1 is 1.15 bits per heavy atom. The average Bonchev–Trinajstić information content (AvgIpc) is 3.31. The minimum absolute atomic E-state index is 0.101. The normalized spacial score (nSPS) is 23.5. The Morgan fingerprint density at radius 3 is 2.73 bits per heavy atom. The van der Waals surface area contributed by atoms with Gasteiger partial charge in [0, 0.05) is 41.7 Å². The molecule has 0 amide bonds. The van der Waals surface area contributed by atoms with Crippen molar-refractivity contribution in [3.8, 4) is 5.75 Å². The minimum Gasteiger partial charge on any atom is -0.493 e. The molecule has 10 heteroatoms. The second-order valence-corrected chi connectivity index (χ2v) is 11.1. The number of nitrogens with zero attached hydrogens (tertiary/aromatic N) is 3. The Kier molecular flexibility index (Phi) is 6.07. The van der Waals surface area contributed by atoms with Gasteiger partial charge in [0.1, 0.15) is 17.9 Å². The van der Waals surface area contributed by atoms with Crippen LogP contribution in [0.3, 0.4) is 0 Å². The molecule has 5 rings (SSSR count). The van der Waals surface area contributed by atoms with Crippen LogP contribution in [0.4, 0.5) is 9.52 Å². The van der Waals surface area contributed by atoms with Gasteiger partial charge in [0.15, 0.2) is 0 Å². The van der Waals surface area contributed by atoms with Crippen molar-refractivity contribution in [1.29, 1.82) is 0 Å². The number of piperidine rings is 1. The van der Waals surface area contributed by atoms with Gasteiger partial charge in [-0.3, -0.25) is 9.62 Å². The van der Waals surface area contributed by atoms with Crippen LogP contribution < -0.4 is 9.46 Å². The molecule has 3 atom stereocenters. The van der Waals surface area contributed by atoms with Gasteiger partial charge in [-0.1, -0.05) is 25.1 Å². The lowest BCUT2D eigenvalue weighted by molar-refractivity contribution is 0.0487. The zero-order valence-corrected chi connectivity index (χ0v) is 19.8. The summed E-state index contributed by atoms with van der Waals surface area (Å²) in [6.45, 7) is 3.69. The van der Waals surface area contributed by atoms with Crippen LogP contribution in [0.2, 0.25) is 0 Å². The Labute approximate surface area is 196 Å². The number of fused-ring (bicyclic) bond motifs is 1. The summed E-state index contributed by atoms with van der Waals surface area (Å²) in [6.07, 6.45) is 4.20. The predicted octanol–water partition coefficient (Wildman–Crippen LogP) is 4.77. The first-order chi connectivity index (χ1) is 15.9. The first-order valence-corrected chi connectivity index (χ1v) is 13.2. The lowest BCUT2D eigenvalue weighted by Gasteiger charge is -2.45. The second kappa shape index (κ2) is 9.00. The van der Waals surface area contributed by atoms with Gasteiger partial charge in [-0.05, 0) is 49.1 Å². The molecule has 7 nitrogen and oxygen atoms in total. The standard InChI is InChI=1S/C23H25FN4O3S2/c1-15-8-10-28(21(12-15)16-2-4-17(24)5-3-16)20-9-11-31-22-13-18(6-7-19(20)22)33(29,30)27-23-25-14-26-32-23/h2-7,13-15,20-21H,8-12H2,1H3,(H,25,26,27)/t15-,20-,21+/m0/s1. The van der Waals surface area contributed by atoms with Crippen molar-refractivity contribution in [2.45, 2.75) is 43.2 Å². The summed E-state index contributed by atoms with van der Waals surface area (Å²) in [5.74, 6) is 0.930. The van der Waals surface area contributed by atoms with Gasteiger partial charge in [0.2, 0.25) is 5.13 Å². The van der Waals surface area contributed by atoms with E-state index >= 15 is 0 Å². The van der Waals surface area contributed by atoms with Gasteiger partial charge in [-0.15, -0.1) is 0 Å². The highest BCUT2D eigenvalue weighted by Crippen LogP contribution is 2.45. The molecule has 1 fully saturated rings. The fourth-order valence-corrected chi connectivity index (χ4v) is 6.48. The Balaban J connectivity index is 1.45. The topological polar surface area (TPSA) is 84.4 Å². The molecule has 0 saturated carbocycles. The summed E-state index contributed by atoms with van der Waals surface area (Å²) < 4.78 is 51.3. The van der Waals surface area contributed by atoms with Crippen molar-refractivity contribution in [3.05, 3.63) is 65.7 Å². The van der Waals surface area contributed by atoms with E-state index in [-0.39, 0.29) is 27.9 Å². The lowest BCUT2D eigenvalue weighted by Crippen LogP contribution is -2.40. The molecule has 3 aromatic rings. The largest absolute Gasteiger partial charge is 0.493 e. The van der Waals surface area contributed by atoms with Crippen LogP contribution in [-0.4, -0.2) is 35.8 Å². The molecule has 3 heterocycles. The summed E-state index contributed by atoms with van der Waals surface area (Å²) in [5.41, 5.74) is 2.09. The molecule has 0 bridgehead atoms. The average molecular weight is 489 g/mol. The number of aromatic nitrogens is 2. The highest BCUT2D eigenvalue weighted by atomic mass is 32.2. The summed E-state index contributed by atoms with van der Waals surface area (Å²) in [5, 5.41) is 0.219. The summed E-state index contributed by atoms with van der Waals surface area (Å²) in [4.78, 5) is 6.49. The van der Waals surface area contributed by atoms with Gasteiger partial charge in [-0.2, -0.15) is 4.37 Å². The van der Waals surface area contributed by atoms with Crippen molar-refractivity contribution >= 4 is 26.7 Å². The first-order valence-electron chi connectivity index (χ1n) is 11.0. The smallest absolute Gasteiger partial charge is 0.263 e. The van der Waals surface area contributed by atoms with E-state index in [9.17, 15) is 12.8 Å². The molecule has 0 radical (unpaired) electrons. The number of sulfonamides is 1. The number of likely N-dealkylation sites (tertiary alicyclic amines) is 1. The van der Waals surface area contributed by atoms with Crippen LogP contribution in [0.5, 0.6) is 5.75 Å².